The number of hydrogen-bond donors (Lipinski definition) is 1. The highest BCUT2D eigenvalue weighted by Crippen LogP contribution is 2.32. The second-order valence-corrected chi connectivity index (χ2v) is 8.98. The molecule has 1 aliphatic heterocycles. The van der Waals surface area contributed by atoms with E-state index >= 15 is 0 Å². The summed E-state index contributed by atoms with van der Waals surface area (Å²) >= 11 is 18.9. The molecule has 1 unspecified atom stereocenters. The minimum Gasteiger partial charge on any atom is -0.478 e. The van der Waals surface area contributed by atoms with Crippen LogP contribution < -0.4 is 5.69 Å². The summed E-state index contributed by atoms with van der Waals surface area (Å²) in [6, 6.07) is 7.71. The number of fused-ring (bicyclic) bond motifs is 1. The Kier molecular flexibility index (Phi) is 5.86. The van der Waals surface area contributed by atoms with Crippen LogP contribution in [-0.4, -0.2) is 45.2 Å². The Hall–Kier alpha value is -1.99. The summed E-state index contributed by atoms with van der Waals surface area (Å²) in [4.78, 5) is 27.4. The number of nitrogens with zero attached hydrogens (tertiary/aromatic N) is 3. The van der Waals surface area contributed by atoms with Gasteiger partial charge in [-0.3, -0.25) is 9.13 Å². The van der Waals surface area contributed by atoms with E-state index in [1.807, 2.05) is 0 Å². The molecule has 0 spiro atoms. The lowest BCUT2D eigenvalue weighted by atomic mass is 9.98. The van der Waals surface area contributed by atoms with E-state index < -0.39 is 5.97 Å². The summed E-state index contributed by atoms with van der Waals surface area (Å²) in [7, 11) is 2.06. The van der Waals surface area contributed by atoms with E-state index in [1.165, 1.54) is 16.7 Å². The van der Waals surface area contributed by atoms with Crippen molar-refractivity contribution in [1.82, 2.24) is 14.0 Å². The summed E-state index contributed by atoms with van der Waals surface area (Å²) in [6.45, 7) is 2.37. The van der Waals surface area contributed by atoms with Crippen molar-refractivity contribution in [3.63, 3.8) is 0 Å². The van der Waals surface area contributed by atoms with E-state index in [0.29, 0.717) is 33.3 Å². The van der Waals surface area contributed by atoms with Crippen molar-refractivity contribution in [3.05, 3.63) is 61.4 Å². The first kappa shape index (κ1) is 21.2. The van der Waals surface area contributed by atoms with Crippen LogP contribution in [0, 0.1) is 5.92 Å². The van der Waals surface area contributed by atoms with Gasteiger partial charge in [-0.05, 0) is 62.7 Å². The van der Waals surface area contributed by atoms with Gasteiger partial charge in [-0.1, -0.05) is 34.8 Å². The van der Waals surface area contributed by atoms with Crippen molar-refractivity contribution in [2.75, 3.05) is 20.1 Å². The summed E-state index contributed by atoms with van der Waals surface area (Å²) < 4.78 is 3.05. The number of rotatable bonds is 4. The van der Waals surface area contributed by atoms with Crippen LogP contribution in [0.3, 0.4) is 0 Å². The Labute approximate surface area is 188 Å². The topological polar surface area (TPSA) is 67.5 Å². The summed E-state index contributed by atoms with van der Waals surface area (Å²) in [5, 5.41) is 10.4. The monoisotopic (exact) mass is 467 g/mol. The number of imidazole rings is 1. The Balaban J connectivity index is 1.97. The molecule has 2 heterocycles. The van der Waals surface area contributed by atoms with Crippen LogP contribution in [0.1, 0.15) is 23.2 Å². The maximum Gasteiger partial charge on any atom is 0.335 e. The summed E-state index contributed by atoms with van der Waals surface area (Å²) in [5.74, 6) is -0.832. The number of benzene rings is 2. The van der Waals surface area contributed by atoms with E-state index in [2.05, 4.69) is 11.9 Å². The highest BCUT2D eigenvalue weighted by atomic mass is 35.5. The number of carboxylic acids is 1. The van der Waals surface area contributed by atoms with Crippen LogP contribution in [0.5, 0.6) is 0 Å². The van der Waals surface area contributed by atoms with Crippen LogP contribution in [0.2, 0.25) is 15.1 Å². The van der Waals surface area contributed by atoms with Gasteiger partial charge < -0.3 is 10.0 Å². The van der Waals surface area contributed by atoms with Gasteiger partial charge in [-0.25, -0.2) is 9.59 Å². The first-order valence-corrected chi connectivity index (χ1v) is 10.7. The highest BCUT2D eigenvalue weighted by Gasteiger charge is 2.25. The van der Waals surface area contributed by atoms with E-state index in [9.17, 15) is 14.7 Å². The molecule has 1 atom stereocenters. The highest BCUT2D eigenvalue weighted by molar-refractivity contribution is 6.37. The van der Waals surface area contributed by atoms with Crippen LogP contribution >= 0.6 is 34.8 Å². The smallest absolute Gasteiger partial charge is 0.335 e. The molecule has 1 aromatic heterocycles. The molecule has 3 aromatic rings. The number of hydrogen-bond acceptors (Lipinski definition) is 3. The number of carboxylic acid groups (broad SMARTS) is 1. The standard InChI is InChI=1S/C21H20Cl3N3O3/c1-25-6-2-3-12(10-25)11-26-18-8-13(20(28)29)7-16(24)19(18)27(21(26)30)17-5-4-14(22)9-15(17)23/h4-5,7-9,12H,2-3,6,10-11H2,1H3,(H,28,29). The van der Waals surface area contributed by atoms with Crippen molar-refractivity contribution in [2.45, 2.75) is 19.4 Å². The normalized spacial score (nSPS) is 17.5. The van der Waals surface area contributed by atoms with Crippen LogP contribution in [0.25, 0.3) is 16.7 Å². The van der Waals surface area contributed by atoms with Gasteiger partial charge in [0.05, 0.1) is 32.3 Å². The van der Waals surface area contributed by atoms with Gasteiger partial charge in [-0.2, -0.15) is 0 Å². The van der Waals surface area contributed by atoms with Crippen LogP contribution in [0.4, 0.5) is 0 Å². The van der Waals surface area contributed by atoms with Crippen molar-refractivity contribution >= 4 is 51.8 Å². The molecule has 2 aromatic carbocycles. The lowest BCUT2D eigenvalue weighted by Gasteiger charge is -2.29. The van der Waals surface area contributed by atoms with E-state index in [4.69, 9.17) is 34.8 Å². The van der Waals surface area contributed by atoms with Gasteiger partial charge in [0, 0.05) is 18.1 Å². The lowest BCUT2D eigenvalue weighted by Crippen LogP contribution is -2.36. The van der Waals surface area contributed by atoms with Crippen molar-refractivity contribution in [3.8, 4) is 5.69 Å². The van der Waals surface area contributed by atoms with Gasteiger partial charge in [0.15, 0.2) is 0 Å². The van der Waals surface area contributed by atoms with Gasteiger partial charge in [0.2, 0.25) is 0 Å². The molecular weight excluding hydrogens is 449 g/mol. The average molecular weight is 469 g/mol. The molecule has 0 radical (unpaired) electrons. The van der Waals surface area contributed by atoms with Gasteiger partial charge in [-0.15, -0.1) is 0 Å². The molecule has 1 fully saturated rings. The fourth-order valence-electron chi connectivity index (χ4n) is 4.20. The maximum absolute atomic E-state index is 13.5. The average Bonchev–Trinajstić information content (AvgIpc) is 2.94. The first-order chi connectivity index (χ1) is 14.3. The van der Waals surface area contributed by atoms with E-state index in [0.717, 1.165) is 25.9 Å². The third-order valence-electron chi connectivity index (χ3n) is 5.54. The Morgan fingerprint density at radius 2 is 1.93 bits per heavy atom. The van der Waals surface area contributed by atoms with Crippen LogP contribution in [-0.2, 0) is 6.54 Å². The zero-order chi connectivity index (χ0) is 21.6. The molecule has 158 valence electrons. The number of piperidine rings is 1. The molecule has 1 aliphatic rings. The minimum absolute atomic E-state index is 0.0290. The number of carbonyl (C=O) groups is 1. The summed E-state index contributed by atoms with van der Waals surface area (Å²) in [5.41, 5.74) is 1.07. The third kappa shape index (κ3) is 3.85. The Morgan fingerprint density at radius 3 is 2.60 bits per heavy atom. The van der Waals surface area contributed by atoms with Gasteiger partial charge in [0.25, 0.3) is 0 Å². The number of aromatic carboxylic acids is 1. The molecular formula is C21H20Cl3N3O3. The molecule has 1 saturated heterocycles. The largest absolute Gasteiger partial charge is 0.478 e. The van der Waals surface area contributed by atoms with Crippen molar-refractivity contribution in [1.29, 1.82) is 0 Å². The molecule has 9 heteroatoms. The fraction of sp³-hybridized carbons (Fsp3) is 0.333. The Bertz CT molecular complexity index is 1200. The second-order valence-electron chi connectivity index (χ2n) is 7.73. The molecule has 0 bridgehead atoms. The molecule has 4 rings (SSSR count). The summed E-state index contributed by atoms with van der Waals surface area (Å²) in [6.07, 6.45) is 2.05. The van der Waals surface area contributed by atoms with Gasteiger partial charge >= 0.3 is 11.7 Å². The molecule has 30 heavy (non-hydrogen) atoms. The van der Waals surface area contributed by atoms with Crippen LogP contribution in [0.15, 0.2) is 35.1 Å². The molecule has 0 saturated carbocycles. The van der Waals surface area contributed by atoms with Crippen molar-refractivity contribution < 1.29 is 9.90 Å². The van der Waals surface area contributed by atoms with E-state index in [-0.39, 0.29) is 22.2 Å². The predicted octanol–water partition coefficient (Wildman–Crippen LogP) is 4.79. The first-order valence-electron chi connectivity index (χ1n) is 9.58. The minimum atomic E-state index is -1.10. The number of halogens is 3. The Morgan fingerprint density at radius 1 is 1.17 bits per heavy atom. The lowest BCUT2D eigenvalue weighted by molar-refractivity contribution is 0.0697. The van der Waals surface area contributed by atoms with Crippen molar-refractivity contribution in [2.24, 2.45) is 5.92 Å². The SMILES string of the molecule is CN1CCCC(Cn2c(=O)n(-c3ccc(Cl)cc3Cl)c3c(Cl)cc(C(=O)O)cc32)C1. The zero-order valence-electron chi connectivity index (χ0n) is 16.2. The fourth-order valence-corrected chi connectivity index (χ4v) is 4.99. The molecule has 0 amide bonds. The maximum atomic E-state index is 13.5. The third-order valence-corrected chi connectivity index (χ3v) is 6.37. The zero-order valence-corrected chi connectivity index (χ0v) is 18.5. The number of aromatic nitrogens is 2. The number of likely N-dealkylation sites (tertiary alicyclic amines) is 1. The second kappa shape index (κ2) is 8.27. The van der Waals surface area contributed by atoms with E-state index in [1.54, 1.807) is 22.8 Å². The van der Waals surface area contributed by atoms with Gasteiger partial charge in [0.1, 0.15) is 0 Å². The molecule has 0 aliphatic carbocycles. The molecule has 6 nitrogen and oxygen atoms in total. The quantitative estimate of drug-likeness (QED) is 0.598. The predicted molar refractivity (Wildman–Crippen MR) is 120 cm³/mol. The molecule has 1 N–H and O–H groups in total.